The summed E-state index contributed by atoms with van der Waals surface area (Å²) in [4.78, 5) is 18.3. The number of benzene rings is 2. The van der Waals surface area contributed by atoms with Crippen molar-refractivity contribution in [2.45, 2.75) is 24.7 Å². The van der Waals surface area contributed by atoms with Gasteiger partial charge in [0.1, 0.15) is 5.82 Å². The van der Waals surface area contributed by atoms with Crippen LogP contribution < -0.4 is 0 Å². The molecular weight excluding hydrogens is 509 g/mol. The molecule has 0 aromatic heterocycles. The molecule has 1 aliphatic rings. The molecule has 1 heterocycles. The highest BCUT2D eigenvalue weighted by molar-refractivity contribution is 6.42. The fraction of sp³-hybridized carbons (Fsp3) is 0.458. The summed E-state index contributed by atoms with van der Waals surface area (Å²) in [7, 11) is 3.53. The molecule has 0 radical (unpaired) electrons. The lowest BCUT2D eigenvalue weighted by Crippen LogP contribution is -2.41. The van der Waals surface area contributed by atoms with E-state index < -0.39 is 17.6 Å². The van der Waals surface area contributed by atoms with Crippen LogP contribution in [-0.4, -0.2) is 78.6 Å². The van der Waals surface area contributed by atoms with Gasteiger partial charge in [-0.05, 0) is 49.5 Å². The smallest absolute Gasteiger partial charge is 0.395 e. The Morgan fingerprint density at radius 2 is 1.83 bits per heavy atom. The number of amides is 1. The second-order valence-electron chi connectivity index (χ2n) is 8.83. The highest BCUT2D eigenvalue weighted by Gasteiger charge is 2.39. The van der Waals surface area contributed by atoms with E-state index in [4.69, 9.17) is 28.3 Å². The minimum Gasteiger partial charge on any atom is -0.395 e. The average molecular weight is 536 g/mol. The van der Waals surface area contributed by atoms with E-state index in [1.165, 1.54) is 6.07 Å². The molecule has 1 saturated heterocycles. The first-order chi connectivity index (χ1) is 16.4. The second kappa shape index (κ2) is 11.4. The Kier molecular flexibility index (Phi) is 9.04. The van der Waals surface area contributed by atoms with E-state index in [1.807, 2.05) is 11.0 Å². The molecule has 0 aliphatic carbocycles. The molecule has 2 atom stereocenters. The number of hydrogen-bond donors (Lipinski definition) is 1. The van der Waals surface area contributed by atoms with E-state index in [0.717, 1.165) is 17.7 Å². The molecule has 0 bridgehead atoms. The topological polar surface area (TPSA) is 47.0 Å². The lowest BCUT2D eigenvalue weighted by molar-refractivity contribution is -0.140. The van der Waals surface area contributed by atoms with Crippen molar-refractivity contribution < 1.29 is 27.5 Å². The zero-order valence-corrected chi connectivity index (χ0v) is 20.8. The molecule has 35 heavy (non-hydrogen) atoms. The maximum atomic E-state index is 14.1. The van der Waals surface area contributed by atoms with Gasteiger partial charge in [-0.3, -0.25) is 14.6 Å². The van der Waals surface area contributed by atoms with Crippen LogP contribution in [0.2, 0.25) is 10.0 Å². The third kappa shape index (κ3) is 6.86. The standard InChI is InChI=1S/C24H27Cl2F4N3O2/c1-31(7-8-34)14-23(35)33-12-17(16-4-6-19(25)20(26)10-16)22(13-33)32(2)11-15-3-5-18(21(27)9-15)24(28,29)30/h3-6,9-10,17,22,34H,7-8,11-14H2,1-2H3/t17-,22-/m1/s1. The van der Waals surface area contributed by atoms with E-state index in [1.54, 1.807) is 36.0 Å². The molecule has 2 aromatic carbocycles. The lowest BCUT2D eigenvalue weighted by Gasteiger charge is -2.29. The van der Waals surface area contributed by atoms with E-state index in [-0.39, 0.29) is 37.6 Å². The molecule has 0 saturated carbocycles. The summed E-state index contributed by atoms with van der Waals surface area (Å²) in [5.74, 6) is -1.58. The van der Waals surface area contributed by atoms with Gasteiger partial charge in [0.15, 0.2) is 0 Å². The van der Waals surface area contributed by atoms with Gasteiger partial charge in [0.25, 0.3) is 0 Å². The van der Waals surface area contributed by atoms with E-state index in [0.29, 0.717) is 35.2 Å². The number of likely N-dealkylation sites (tertiary alicyclic amines) is 1. The maximum Gasteiger partial charge on any atom is 0.419 e. The van der Waals surface area contributed by atoms with Gasteiger partial charge in [0.05, 0.1) is 28.8 Å². The SMILES string of the molecule is CN(CCO)CC(=O)N1C[C@H](c2ccc(Cl)c(Cl)c2)[C@H](N(C)Cc2ccc(C(F)(F)F)c(F)c2)C1. The average Bonchev–Trinajstić information content (AvgIpc) is 3.21. The van der Waals surface area contributed by atoms with Crippen LogP contribution in [0.25, 0.3) is 0 Å². The second-order valence-corrected chi connectivity index (χ2v) is 9.65. The van der Waals surface area contributed by atoms with Crippen molar-refractivity contribution in [3.63, 3.8) is 0 Å². The monoisotopic (exact) mass is 535 g/mol. The number of nitrogens with zero attached hydrogens (tertiary/aromatic N) is 3. The summed E-state index contributed by atoms with van der Waals surface area (Å²) in [5, 5.41) is 9.88. The Morgan fingerprint density at radius 1 is 1.11 bits per heavy atom. The van der Waals surface area contributed by atoms with Crippen molar-refractivity contribution in [1.29, 1.82) is 0 Å². The molecule has 1 fully saturated rings. The van der Waals surface area contributed by atoms with Crippen molar-refractivity contribution in [2.75, 3.05) is 46.9 Å². The number of hydrogen-bond acceptors (Lipinski definition) is 4. The Labute approximate surface area is 211 Å². The minimum atomic E-state index is -4.76. The fourth-order valence-corrected chi connectivity index (χ4v) is 4.69. The number of aliphatic hydroxyl groups is 1. The van der Waals surface area contributed by atoms with Crippen molar-refractivity contribution in [3.8, 4) is 0 Å². The highest BCUT2D eigenvalue weighted by Crippen LogP contribution is 2.35. The lowest BCUT2D eigenvalue weighted by atomic mass is 9.93. The van der Waals surface area contributed by atoms with E-state index >= 15 is 0 Å². The minimum absolute atomic E-state index is 0.0648. The first kappa shape index (κ1) is 27.7. The van der Waals surface area contributed by atoms with Crippen LogP contribution in [0.5, 0.6) is 0 Å². The molecule has 1 N–H and O–H groups in total. The van der Waals surface area contributed by atoms with Crippen LogP contribution in [0.3, 0.4) is 0 Å². The number of halogens is 6. The number of aliphatic hydroxyl groups excluding tert-OH is 1. The van der Waals surface area contributed by atoms with E-state index in [9.17, 15) is 22.4 Å². The number of carbonyl (C=O) groups excluding carboxylic acids is 1. The van der Waals surface area contributed by atoms with Gasteiger partial charge in [0, 0.05) is 38.1 Å². The molecule has 2 aromatic rings. The van der Waals surface area contributed by atoms with Crippen LogP contribution in [0.1, 0.15) is 22.6 Å². The molecule has 5 nitrogen and oxygen atoms in total. The predicted octanol–water partition coefficient (Wildman–Crippen LogP) is 4.50. The molecule has 1 amide bonds. The summed E-state index contributed by atoms with van der Waals surface area (Å²) in [6, 6.07) is 7.97. The van der Waals surface area contributed by atoms with Crippen LogP contribution in [0.4, 0.5) is 17.6 Å². The van der Waals surface area contributed by atoms with Gasteiger partial charge in [-0.2, -0.15) is 13.2 Å². The molecule has 192 valence electrons. The summed E-state index contributed by atoms with van der Waals surface area (Å²) in [6.07, 6.45) is -4.76. The molecule has 3 rings (SSSR count). The third-order valence-electron chi connectivity index (χ3n) is 6.24. The molecular formula is C24H27Cl2F4N3O2. The van der Waals surface area contributed by atoms with Crippen LogP contribution >= 0.6 is 23.2 Å². The van der Waals surface area contributed by atoms with Crippen molar-refractivity contribution in [3.05, 3.63) is 69.0 Å². The Bertz CT molecular complexity index is 1050. The normalized spacial score (nSPS) is 18.7. The Balaban J connectivity index is 1.83. The number of carbonyl (C=O) groups is 1. The fourth-order valence-electron chi connectivity index (χ4n) is 4.38. The van der Waals surface area contributed by atoms with Gasteiger partial charge >= 0.3 is 6.18 Å². The molecule has 1 aliphatic heterocycles. The molecule has 0 spiro atoms. The Morgan fingerprint density at radius 3 is 2.43 bits per heavy atom. The quantitative estimate of drug-likeness (QED) is 0.505. The summed E-state index contributed by atoms with van der Waals surface area (Å²) < 4.78 is 52.9. The Hall–Kier alpha value is -1.91. The van der Waals surface area contributed by atoms with Crippen molar-refractivity contribution in [2.24, 2.45) is 0 Å². The van der Waals surface area contributed by atoms with Gasteiger partial charge in [-0.15, -0.1) is 0 Å². The largest absolute Gasteiger partial charge is 0.419 e. The third-order valence-corrected chi connectivity index (χ3v) is 6.98. The van der Waals surface area contributed by atoms with Crippen LogP contribution in [-0.2, 0) is 17.5 Å². The first-order valence-corrected chi connectivity index (χ1v) is 11.7. The van der Waals surface area contributed by atoms with Crippen molar-refractivity contribution >= 4 is 29.1 Å². The van der Waals surface area contributed by atoms with Crippen LogP contribution in [0, 0.1) is 5.82 Å². The van der Waals surface area contributed by atoms with Gasteiger partial charge in [0.2, 0.25) is 5.91 Å². The summed E-state index contributed by atoms with van der Waals surface area (Å²) >= 11 is 12.3. The number of alkyl halides is 3. The predicted molar refractivity (Wildman–Crippen MR) is 127 cm³/mol. The zero-order chi connectivity index (χ0) is 25.9. The highest BCUT2D eigenvalue weighted by atomic mass is 35.5. The molecule has 0 unspecified atom stereocenters. The molecule has 11 heteroatoms. The summed E-state index contributed by atoms with van der Waals surface area (Å²) in [6.45, 7) is 1.39. The first-order valence-electron chi connectivity index (χ1n) is 11.0. The van der Waals surface area contributed by atoms with Crippen molar-refractivity contribution in [1.82, 2.24) is 14.7 Å². The number of likely N-dealkylation sites (N-methyl/N-ethyl adjacent to an activating group) is 2. The van der Waals surface area contributed by atoms with E-state index in [2.05, 4.69) is 0 Å². The van der Waals surface area contributed by atoms with Crippen LogP contribution in [0.15, 0.2) is 36.4 Å². The number of rotatable bonds is 8. The maximum absolute atomic E-state index is 14.1. The summed E-state index contributed by atoms with van der Waals surface area (Å²) in [5.41, 5.74) is -0.0468. The van der Waals surface area contributed by atoms with Gasteiger partial charge in [-0.1, -0.05) is 35.3 Å². The van der Waals surface area contributed by atoms with Gasteiger partial charge in [-0.25, -0.2) is 4.39 Å². The zero-order valence-electron chi connectivity index (χ0n) is 19.3. The van der Waals surface area contributed by atoms with Gasteiger partial charge < -0.3 is 10.0 Å².